The number of ketones is 2. The second-order valence-electron chi connectivity index (χ2n) is 11.5. The summed E-state index contributed by atoms with van der Waals surface area (Å²) >= 11 is 0. The molecule has 3 fully saturated rings. The maximum atomic E-state index is 14.2. The van der Waals surface area contributed by atoms with Crippen molar-refractivity contribution in [2.75, 3.05) is 0 Å². The summed E-state index contributed by atoms with van der Waals surface area (Å²) in [6.07, 6.45) is -6.58. The molecule has 12 heteroatoms. The number of carbonyl (C=O) groups excluding carboxylic acids is 3. The number of hydrogen-bond donors (Lipinski definition) is 4. The predicted octanol–water partition coefficient (Wildman–Crippen LogP) is 1.41. The molecule has 3 saturated heterocycles. The Balaban J connectivity index is 1.34. The van der Waals surface area contributed by atoms with Gasteiger partial charge in [-0.15, -0.1) is 0 Å². The number of Topliss-reactive ketones (excluding diaryl/α,β-unsaturated/α-hetero) is 2. The van der Waals surface area contributed by atoms with Crippen molar-refractivity contribution in [2.24, 2.45) is 0 Å². The van der Waals surface area contributed by atoms with Crippen molar-refractivity contribution < 1.29 is 58.5 Å². The number of benzene rings is 1. The lowest BCUT2D eigenvalue weighted by atomic mass is 9.63. The molecule has 5 heterocycles. The molecule has 12 nitrogen and oxygen atoms in total. The van der Waals surface area contributed by atoms with Crippen molar-refractivity contribution in [3.05, 3.63) is 33.4 Å². The molecule has 0 saturated carbocycles. The maximum Gasteiger partial charge on any atom is 0.309 e. The summed E-state index contributed by atoms with van der Waals surface area (Å²) in [6, 6.07) is 0. The van der Waals surface area contributed by atoms with Gasteiger partial charge in [-0.1, -0.05) is 0 Å². The van der Waals surface area contributed by atoms with Gasteiger partial charge in [0.1, 0.15) is 23.2 Å². The van der Waals surface area contributed by atoms with Gasteiger partial charge in [-0.2, -0.15) is 0 Å². The van der Waals surface area contributed by atoms with Crippen LogP contribution in [0.15, 0.2) is 11.1 Å². The zero-order chi connectivity index (χ0) is 28.4. The molecule has 1 aromatic carbocycles. The molecule has 0 radical (unpaired) electrons. The Kier molecular flexibility index (Phi) is 5.58. The molecule has 8 rings (SSSR count). The monoisotopic (exact) mass is 558 g/mol. The number of aliphatic hydroxyl groups excluding tert-OH is 1. The van der Waals surface area contributed by atoms with E-state index in [1.807, 2.05) is 0 Å². The van der Waals surface area contributed by atoms with E-state index in [-0.39, 0.29) is 35.1 Å². The van der Waals surface area contributed by atoms with Gasteiger partial charge in [0.25, 0.3) is 0 Å². The Morgan fingerprint density at radius 1 is 0.925 bits per heavy atom. The number of aromatic hydroxyl groups is 2. The van der Waals surface area contributed by atoms with E-state index >= 15 is 0 Å². The minimum atomic E-state index is -2.07. The van der Waals surface area contributed by atoms with Crippen molar-refractivity contribution in [1.82, 2.24) is 0 Å². The SMILES string of the molecule is CC1OC2CC(=O)OC2c2c(O)c3c(c(O)c21)C(=O)C1=C(C3=O)C2CC(OC3CCC(O)C(C)O3)C1(O)C(C)O2. The molecule has 2 bridgehead atoms. The van der Waals surface area contributed by atoms with E-state index in [4.69, 9.17) is 23.7 Å². The van der Waals surface area contributed by atoms with Crippen LogP contribution in [-0.2, 0) is 28.5 Å². The lowest BCUT2D eigenvalue weighted by Gasteiger charge is -2.54. The summed E-state index contributed by atoms with van der Waals surface area (Å²) in [7, 11) is 0. The summed E-state index contributed by atoms with van der Waals surface area (Å²) in [6.45, 7) is 4.88. The van der Waals surface area contributed by atoms with Crippen molar-refractivity contribution in [3.8, 4) is 11.5 Å². The van der Waals surface area contributed by atoms with Gasteiger partial charge in [0.05, 0.1) is 54.2 Å². The van der Waals surface area contributed by atoms with Crippen LogP contribution in [0.2, 0.25) is 0 Å². The van der Waals surface area contributed by atoms with E-state index in [0.29, 0.717) is 12.8 Å². The van der Waals surface area contributed by atoms with Crippen LogP contribution in [0.1, 0.15) is 90.5 Å². The lowest BCUT2D eigenvalue weighted by molar-refractivity contribution is -0.291. The van der Waals surface area contributed by atoms with Gasteiger partial charge < -0.3 is 44.1 Å². The molecule has 214 valence electrons. The fraction of sp³-hybridized carbons (Fsp3) is 0.607. The fourth-order valence-electron chi connectivity index (χ4n) is 7.31. The first-order chi connectivity index (χ1) is 18.9. The Hall–Kier alpha value is -2.87. The number of esters is 1. The summed E-state index contributed by atoms with van der Waals surface area (Å²) in [5.41, 5.74) is -3.18. The molecule has 0 amide bonds. The molecule has 5 aliphatic heterocycles. The van der Waals surface area contributed by atoms with Gasteiger partial charge in [0.2, 0.25) is 0 Å². The number of rotatable bonds is 2. The third kappa shape index (κ3) is 3.25. The molecular weight excluding hydrogens is 528 g/mol. The molecule has 4 N–H and O–H groups in total. The Morgan fingerprint density at radius 2 is 1.62 bits per heavy atom. The van der Waals surface area contributed by atoms with E-state index in [2.05, 4.69) is 0 Å². The smallest absolute Gasteiger partial charge is 0.309 e. The van der Waals surface area contributed by atoms with Gasteiger partial charge in [-0.3, -0.25) is 14.4 Å². The molecule has 1 aromatic rings. The third-order valence-electron chi connectivity index (χ3n) is 9.31. The highest BCUT2D eigenvalue weighted by atomic mass is 16.7. The topological polar surface area (TPSA) is 178 Å². The maximum absolute atomic E-state index is 14.2. The van der Waals surface area contributed by atoms with Crippen LogP contribution in [0.3, 0.4) is 0 Å². The molecule has 10 atom stereocenters. The van der Waals surface area contributed by atoms with Crippen LogP contribution in [0, 0.1) is 0 Å². The Labute approximate surface area is 228 Å². The summed E-state index contributed by atoms with van der Waals surface area (Å²) in [5, 5.41) is 44.9. The van der Waals surface area contributed by atoms with Gasteiger partial charge in [0, 0.05) is 35.1 Å². The molecule has 2 aliphatic carbocycles. The van der Waals surface area contributed by atoms with Crippen LogP contribution in [-0.4, -0.2) is 86.5 Å². The molecule has 0 aromatic heterocycles. The van der Waals surface area contributed by atoms with E-state index in [1.54, 1.807) is 20.8 Å². The predicted molar refractivity (Wildman–Crippen MR) is 131 cm³/mol. The molecule has 40 heavy (non-hydrogen) atoms. The molecular formula is C28H30O12. The second-order valence-corrected chi connectivity index (χ2v) is 11.5. The molecule has 0 spiro atoms. The van der Waals surface area contributed by atoms with Crippen molar-refractivity contribution in [1.29, 1.82) is 0 Å². The average molecular weight is 559 g/mol. The molecule has 10 unspecified atom stereocenters. The number of phenolic OH excluding ortho intramolecular Hbond substituents is 2. The molecule has 7 aliphatic rings. The number of hydrogen-bond acceptors (Lipinski definition) is 12. The quantitative estimate of drug-likeness (QED) is 0.303. The van der Waals surface area contributed by atoms with Gasteiger partial charge in [-0.05, 0) is 27.2 Å². The largest absolute Gasteiger partial charge is 0.507 e. The zero-order valence-corrected chi connectivity index (χ0v) is 22.1. The first-order valence-electron chi connectivity index (χ1n) is 13.6. The van der Waals surface area contributed by atoms with Gasteiger partial charge >= 0.3 is 5.97 Å². The second kappa shape index (κ2) is 8.57. The number of phenols is 2. The third-order valence-corrected chi connectivity index (χ3v) is 9.31. The Morgan fingerprint density at radius 3 is 2.35 bits per heavy atom. The first kappa shape index (κ1) is 26.1. The number of carbonyl (C=O) groups is 3. The number of ether oxygens (including phenoxy) is 5. The zero-order valence-electron chi connectivity index (χ0n) is 22.1. The summed E-state index contributed by atoms with van der Waals surface area (Å²) < 4.78 is 29.1. The highest BCUT2D eigenvalue weighted by Crippen LogP contribution is 2.57. The van der Waals surface area contributed by atoms with Gasteiger partial charge in [0.15, 0.2) is 24.0 Å². The van der Waals surface area contributed by atoms with Crippen LogP contribution in [0.4, 0.5) is 0 Å². The lowest BCUT2D eigenvalue weighted by Crippen LogP contribution is -2.67. The van der Waals surface area contributed by atoms with Gasteiger partial charge in [-0.25, -0.2) is 0 Å². The summed E-state index contributed by atoms with van der Waals surface area (Å²) in [4.78, 5) is 40.2. The minimum absolute atomic E-state index is 0.0374. The van der Waals surface area contributed by atoms with Crippen LogP contribution >= 0.6 is 0 Å². The number of fused-ring (bicyclic) bond motifs is 6. The van der Waals surface area contributed by atoms with Crippen molar-refractivity contribution in [3.63, 3.8) is 0 Å². The van der Waals surface area contributed by atoms with Crippen LogP contribution in [0.25, 0.3) is 0 Å². The fourth-order valence-corrected chi connectivity index (χ4v) is 7.31. The average Bonchev–Trinajstić information content (AvgIpc) is 3.26. The van der Waals surface area contributed by atoms with E-state index < -0.39 is 101 Å². The normalized spacial score (nSPS) is 41.8. The minimum Gasteiger partial charge on any atom is -0.507 e. The van der Waals surface area contributed by atoms with Crippen LogP contribution in [0.5, 0.6) is 11.5 Å². The van der Waals surface area contributed by atoms with E-state index in [1.165, 1.54) is 0 Å². The van der Waals surface area contributed by atoms with E-state index in [9.17, 15) is 34.8 Å². The highest BCUT2D eigenvalue weighted by Gasteiger charge is 2.64. The number of aliphatic hydroxyl groups is 2. The van der Waals surface area contributed by atoms with Crippen molar-refractivity contribution in [2.45, 2.75) is 107 Å². The summed E-state index contributed by atoms with van der Waals surface area (Å²) in [5.74, 6) is -3.28. The van der Waals surface area contributed by atoms with Crippen molar-refractivity contribution >= 4 is 17.5 Å². The first-order valence-corrected chi connectivity index (χ1v) is 13.6. The highest BCUT2D eigenvalue weighted by molar-refractivity contribution is 6.30. The Bertz CT molecular complexity index is 1400. The van der Waals surface area contributed by atoms with Crippen LogP contribution < -0.4 is 0 Å². The van der Waals surface area contributed by atoms with E-state index in [0.717, 1.165) is 0 Å². The standard InChI is InChI=1S/C28H30O12/c1-8-11(29)4-5-16(37-8)39-14-6-12-18-22(28(14,35)10(3)38-12)26(34)20-19(24(18)32)25(33)21-17(23(20)31)9(2)36-13-7-15(30)40-27(13)21/h8-14,16,27,29,31,33,35H,4-7H2,1-3H3.